The van der Waals surface area contributed by atoms with Crippen LogP contribution in [-0.2, 0) is 6.42 Å². The molecule has 0 aliphatic heterocycles. The Morgan fingerprint density at radius 3 is 2.48 bits per heavy atom. The lowest BCUT2D eigenvalue weighted by molar-refractivity contribution is 1.11. The van der Waals surface area contributed by atoms with Crippen molar-refractivity contribution in [2.24, 2.45) is 0 Å². The lowest BCUT2D eigenvalue weighted by atomic mass is 10.0. The van der Waals surface area contributed by atoms with Gasteiger partial charge in [0, 0.05) is 32.0 Å². The molecule has 0 saturated heterocycles. The van der Waals surface area contributed by atoms with Crippen LogP contribution in [0.3, 0.4) is 0 Å². The highest BCUT2D eigenvalue weighted by molar-refractivity contribution is 9.10. The lowest BCUT2D eigenvalue weighted by Crippen LogP contribution is -2.12. The van der Waals surface area contributed by atoms with Gasteiger partial charge in [-0.05, 0) is 53.4 Å². The smallest absolute Gasteiger partial charge is 0.251 e. The van der Waals surface area contributed by atoms with E-state index in [1.54, 1.807) is 18.2 Å². The Hall–Kier alpha value is -1.29. The van der Waals surface area contributed by atoms with Gasteiger partial charge in [-0.3, -0.25) is 4.79 Å². The molecule has 2 aromatic carbocycles. The molecule has 0 spiro atoms. The molecule has 1 N–H and O–H groups in total. The fourth-order valence-electron chi connectivity index (χ4n) is 2.24. The predicted molar refractivity (Wildman–Crippen MR) is 91.5 cm³/mol. The Morgan fingerprint density at radius 1 is 0.952 bits per heavy atom. The van der Waals surface area contributed by atoms with E-state index in [4.69, 9.17) is 23.2 Å². The molecule has 0 amide bonds. The Kier molecular flexibility index (Phi) is 4.07. The molecule has 1 heterocycles. The third kappa shape index (κ3) is 3.15. The number of benzene rings is 2. The molecule has 0 bridgehead atoms. The van der Waals surface area contributed by atoms with Crippen molar-refractivity contribution in [1.82, 2.24) is 4.98 Å². The molecule has 0 unspecified atom stereocenters. The lowest BCUT2D eigenvalue weighted by Gasteiger charge is -2.07. The summed E-state index contributed by atoms with van der Waals surface area (Å²) < 4.78 is 0.928. The number of rotatable bonds is 2. The van der Waals surface area contributed by atoms with Gasteiger partial charge in [0.2, 0.25) is 0 Å². The van der Waals surface area contributed by atoms with E-state index in [0.717, 1.165) is 20.9 Å². The molecular weight excluding hydrogens is 373 g/mol. The number of hydrogen-bond acceptors (Lipinski definition) is 1. The summed E-state index contributed by atoms with van der Waals surface area (Å²) in [5, 5.41) is 2.20. The third-order valence-electron chi connectivity index (χ3n) is 3.27. The molecule has 0 fully saturated rings. The molecule has 0 radical (unpaired) electrons. The Morgan fingerprint density at radius 2 is 1.67 bits per heavy atom. The molecule has 0 atom stereocenters. The van der Waals surface area contributed by atoms with Crippen LogP contribution in [0.5, 0.6) is 0 Å². The van der Waals surface area contributed by atoms with E-state index in [0.29, 0.717) is 22.0 Å². The van der Waals surface area contributed by atoms with Crippen LogP contribution in [0.15, 0.2) is 51.7 Å². The average Bonchev–Trinajstić information content (AvgIpc) is 2.44. The average molecular weight is 383 g/mol. The third-order valence-corrected chi connectivity index (χ3v) is 4.52. The van der Waals surface area contributed by atoms with E-state index in [9.17, 15) is 4.79 Å². The van der Waals surface area contributed by atoms with E-state index >= 15 is 0 Å². The standard InChI is InChI=1S/C16H10BrCl2NO/c17-14-3-1-12(18)7-9(14)5-11-6-10-8-13(19)2-4-15(10)20-16(11)21/h1-4,6-8H,5H2,(H,20,21). The number of fused-ring (bicyclic) bond motifs is 1. The van der Waals surface area contributed by atoms with Gasteiger partial charge in [-0.1, -0.05) is 39.1 Å². The van der Waals surface area contributed by atoms with E-state index in [-0.39, 0.29) is 5.56 Å². The van der Waals surface area contributed by atoms with Gasteiger partial charge in [0.25, 0.3) is 5.56 Å². The second-order valence-corrected chi connectivity index (χ2v) is 6.49. The number of aromatic nitrogens is 1. The molecule has 3 aromatic rings. The number of hydrogen-bond donors (Lipinski definition) is 1. The topological polar surface area (TPSA) is 32.9 Å². The first-order valence-corrected chi connectivity index (χ1v) is 7.83. The minimum absolute atomic E-state index is 0.100. The van der Waals surface area contributed by atoms with Crippen molar-refractivity contribution in [1.29, 1.82) is 0 Å². The van der Waals surface area contributed by atoms with Crippen molar-refractivity contribution in [3.05, 3.63) is 78.5 Å². The zero-order chi connectivity index (χ0) is 15.0. The van der Waals surface area contributed by atoms with Crippen LogP contribution >= 0.6 is 39.1 Å². The van der Waals surface area contributed by atoms with Crippen molar-refractivity contribution >= 4 is 50.0 Å². The van der Waals surface area contributed by atoms with Gasteiger partial charge in [-0.2, -0.15) is 0 Å². The highest BCUT2D eigenvalue weighted by Crippen LogP contribution is 2.24. The number of halogens is 3. The molecular formula is C16H10BrCl2NO. The van der Waals surface area contributed by atoms with Crippen molar-refractivity contribution in [3.8, 4) is 0 Å². The maximum absolute atomic E-state index is 12.2. The van der Waals surface area contributed by atoms with Crippen LogP contribution in [0.2, 0.25) is 10.0 Å². The highest BCUT2D eigenvalue weighted by Gasteiger charge is 2.08. The van der Waals surface area contributed by atoms with E-state index in [1.807, 2.05) is 24.3 Å². The minimum Gasteiger partial charge on any atom is -0.322 e. The summed E-state index contributed by atoms with van der Waals surface area (Å²) in [6.45, 7) is 0. The van der Waals surface area contributed by atoms with Gasteiger partial charge in [0.1, 0.15) is 0 Å². The number of pyridine rings is 1. The van der Waals surface area contributed by atoms with Crippen LogP contribution in [0.25, 0.3) is 10.9 Å². The fraction of sp³-hybridized carbons (Fsp3) is 0.0625. The summed E-state index contributed by atoms with van der Waals surface area (Å²) in [7, 11) is 0. The predicted octanol–water partition coefficient (Wildman–Crippen LogP) is 5.19. The van der Waals surface area contributed by atoms with E-state index in [2.05, 4.69) is 20.9 Å². The zero-order valence-corrected chi connectivity index (χ0v) is 13.9. The van der Waals surface area contributed by atoms with Crippen molar-refractivity contribution in [2.45, 2.75) is 6.42 Å². The molecule has 5 heteroatoms. The van der Waals surface area contributed by atoms with Gasteiger partial charge < -0.3 is 4.98 Å². The van der Waals surface area contributed by atoms with E-state index < -0.39 is 0 Å². The van der Waals surface area contributed by atoms with Gasteiger partial charge in [0.05, 0.1) is 0 Å². The zero-order valence-electron chi connectivity index (χ0n) is 10.8. The SMILES string of the molecule is O=c1[nH]c2ccc(Cl)cc2cc1Cc1cc(Cl)ccc1Br. The Balaban J connectivity index is 2.09. The first-order chi connectivity index (χ1) is 10.0. The summed E-state index contributed by atoms with van der Waals surface area (Å²) >= 11 is 15.5. The molecule has 1 aromatic heterocycles. The minimum atomic E-state index is -0.100. The summed E-state index contributed by atoms with van der Waals surface area (Å²) in [5.41, 5.74) is 2.32. The Labute approximate surface area is 139 Å². The normalized spacial score (nSPS) is 11.0. The molecule has 2 nitrogen and oxygen atoms in total. The van der Waals surface area contributed by atoms with Gasteiger partial charge in [-0.15, -0.1) is 0 Å². The van der Waals surface area contributed by atoms with Gasteiger partial charge in [0.15, 0.2) is 0 Å². The monoisotopic (exact) mass is 381 g/mol. The first-order valence-electron chi connectivity index (χ1n) is 6.28. The summed E-state index contributed by atoms with van der Waals surface area (Å²) in [6, 6.07) is 12.8. The molecule has 106 valence electrons. The molecule has 3 rings (SSSR count). The number of aromatic amines is 1. The van der Waals surface area contributed by atoms with Crippen LogP contribution in [0.1, 0.15) is 11.1 Å². The van der Waals surface area contributed by atoms with Crippen molar-refractivity contribution in [2.75, 3.05) is 0 Å². The molecule has 0 aliphatic carbocycles. The number of nitrogens with one attached hydrogen (secondary N) is 1. The summed E-state index contributed by atoms with van der Waals surface area (Å²) in [5.74, 6) is 0. The van der Waals surface area contributed by atoms with Crippen LogP contribution < -0.4 is 5.56 Å². The second-order valence-electron chi connectivity index (χ2n) is 4.77. The van der Waals surface area contributed by atoms with Gasteiger partial charge in [-0.25, -0.2) is 0 Å². The van der Waals surface area contributed by atoms with Crippen LogP contribution in [0.4, 0.5) is 0 Å². The van der Waals surface area contributed by atoms with Gasteiger partial charge >= 0.3 is 0 Å². The molecule has 0 aliphatic rings. The van der Waals surface area contributed by atoms with Crippen molar-refractivity contribution in [3.63, 3.8) is 0 Å². The molecule has 21 heavy (non-hydrogen) atoms. The first kappa shape index (κ1) is 14.6. The number of H-pyrrole nitrogens is 1. The second kappa shape index (κ2) is 5.84. The quantitative estimate of drug-likeness (QED) is 0.650. The van der Waals surface area contributed by atoms with Crippen LogP contribution in [0, 0.1) is 0 Å². The fourth-order valence-corrected chi connectivity index (χ4v) is 3.00. The summed E-state index contributed by atoms with van der Waals surface area (Å²) in [4.78, 5) is 15.1. The maximum atomic E-state index is 12.2. The maximum Gasteiger partial charge on any atom is 0.251 e. The van der Waals surface area contributed by atoms with Crippen LogP contribution in [-0.4, -0.2) is 4.98 Å². The molecule has 0 saturated carbocycles. The van der Waals surface area contributed by atoms with E-state index in [1.165, 1.54) is 0 Å². The highest BCUT2D eigenvalue weighted by atomic mass is 79.9. The largest absolute Gasteiger partial charge is 0.322 e. The van der Waals surface area contributed by atoms with Crippen molar-refractivity contribution < 1.29 is 0 Å². The Bertz CT molecular complexity index is 889. The summed E-state index contributed by atoms with van der Waals surface area (Å²) in [6.07, 6.45) is 0.499.